The Hall–Kier alpha value is -2.46. The summed E-state index contributed by atoms with van der Waals surface area (Å²) in [5.41, 5.74) is 1.83. The molecule has 2 aromatic rings. The molecule has 0 amide bonds. The van der Waals surface area contributed by atoms with E-state index >= 15 is 0 Å². The Morgan fingerprint density at radius 3 is 2.70 bits per heavy atom. The molecule has 0 bridgehead atoms. The maximum atomic E-state index is 13.2. The Labute approximate surface area is 162 Å². The molecule has 0 atom stereocenters. The fourth-order valence-electron chi connectivity index (χ4n) is 3.32. The van der Waals surface area contributed by atoms with Crippen molar-refractivity contribution in [1.82, 2.24) is 9.55 Å². The van der Waals surface area contributed by atoms with Crippen LogP contribution in [0.2, 0.25) is 0 Å². The average molecular weight is 385 g/mol. The van der Waals surface area contributed by atoms with Gasteiger partial charge in [0.2, 0.25) is 0 Å². The maximum absolute atomic E-state index is 13.2. The SMILES string of the molecule is COc1cc2nc(SCC#N)n(CCC3=CCCCC3)c(=O)c2cc1OC. The number of hydrogen-bond donors (Lipinski definition) is 0. The zero-order valence-electron chi connectivity index (χ0n) is 15.7. The molecule has 1 aromatic heterocycles. The highest BCUT2D eigenvalue weighted by molar-refractivity contribution is 7.99. The molecule has 7 heteroatoms. The van der Waals surface area contributed by atoms with Gasteiger partial charge in [0, 0.05) is 12.6 Å². The van der Waals surface area contributed by atoms with Crippen LogP contribution >= 0.6 is 11.8 Å². The predicted molar refractivity (Wildman–Crippen MR) is 107 cm³/mol. The summed E-state index contributed by atoms with van der Waals surface area (Å²) in [7, 11) is 3.09. The van der Waals surface area contributed by atoms with Crippen molar-refractivity contribution in [2.45, 2.75) is 43.8 Å². The zero-order valence-corrected chi connectivity index (χ0v) is 16.5. The predicted octanol–water partition coefficient (Wildman–Crippen LogP) is 3.92. The molecule has 1 heterocycles. The molecular formula is C20H23N3O3S. The maximum Gasteiger partial charge on any atom is 0.262 e. The Morgan fingerprint density at radius 1 is 1.26 bits per heavy atom. The molecule has 1 aliphatic rings. The summed E-state index contributed by atoms with van der Waals surface area (Å²) in [5.74, 6) is 1.27. The number of nitrogens with zero attached hydrogens (tertiary/aromatic N) is 3. The monoisotopic (exact) mass is 385 g/mol. The quantitative estimate of drug-likeness (QED) is 0.408. The summed E-state index contributed by atoms with van der Waals surface area (Å²) in [6.07, 6.45) is 7.80. The van der Waals surface area contributed by atoms with Gasteiger partial charge in [-0.3, -0.25) is 9.36 Å². The molecule has 1 aromatic carbocycles. The third-order valence-corrected chi connectivity index (χ3v) is 5.58. The summed E-state index contributed by atoms with van der Waals surface area (Å²) in [6, 6.07) is 5.50. The molecule has 0 saturated carbocycles. The minimum Gasteiger partial charge on any atom is -0.493 e. The van der Waals surface area contributed by atoms with E-state index in [0.29, 0.717) is 34.1 Å². The van der Waals surface area contributed by atoms with Gasteiger partial charge in [0.05, 0.1) is 36.9 Å². The van der Waals surface area contributed by atoms with Gasteiger partial charge in [0.1, 0.15) is 0 Å². The lowest BCUT2D eigenvalue weighted by Gasteiger charge is -2.16. The highest BCUT2D eigenvalue weighted by atomic mass is 32.2. The number of allylic oxidation sites excluding steroid dienone is 2. The van der Waals surface area contributed by atoms with Crippen LogP contribution in [0.4, 0.5) is 0 Å². The van der Waals surface area contributed by atoms with E-state index in [-0.39, 0.29) is 11.3 Å². The van der Waals surface area contributed by atoms with E-state index in [0.717, 1.165) is 19.3 Å². The molecule has 0 N–H and O–H groups in total. The first-order valence-electron chi connectivity index (χ1n) is 9.02. The van der Waals surface area contributed by atoms with E-state index in [1.54, 1.807) is 30.9 Å². The summed E-state index contributed by atoms with van der Waals surface area (Å²) >= 11 is 1.29. The minimum atomic E-state index is -0.113. The van der Waals surface area contributed by atoms with Crippen molar-refractivity contribution in [3.63, 3.8) is 0 Å². The third-order valence-electron chi connectivity index (χ3n) is 4.73. The fourth-order valence-corrected chi connectivity index (χ4v) is 4.01. The number of methoxy groups -OCH3 is 2. The average Bonchev–Trinajstić information content (AvgIpc) is 2.71. The minimum absolute atomic E-state index is 0.113. The van der Waals surface area contributed by atoms with Gasteiger partial charge in [-0.15, -0.1) is 0 Å². The van der Waals surface area contributed by atoms with Gasteiger partial charge in [0.15, 0.2) is 16.7 Å². The molecule has 0 fully saturated rings. The fraction of sp³-hybridized carbons (Fsp3) is 0.450. The van der Waals surface area contributed by atoms with E-state index in [1.807, 2.05) is 0 Å². The van der Waals surface area contributed by atoms with E-state index in [4.69, 9.17) is 14.7 Å². The largest absolute Gasteiger partial charge is 0.493 e. The highest BCUT2D eigenvalue weighted by Gasteiger charge is 2.16. The zero-order chi connectivity index (χ0) is 19.2. The Balaban J connectivity index is 2.05. The first kappa shape index (κ1) is 19.3. The topological polar surface area (TPSA) is 77.1 Å². The Morgan fingerprint density at radius 2 is 2.04 bits per heavy atom. The van der Waals surface area contributed by atoms with Gasteiger partial charge < -0.3 is 9.47 Å². The van der Waals surface area contributed by atoms with Crippen LogP contribution in [0.5, 0.6) is 11.5 Å². The summed E-state index contributed by atoms with van der Waals surface area (Å²) in [5, 5.41) is 10.0. The van der Waals surface area contributed by atoms with Crippen LogP contribution in [-0.4, -0.2) is 29.5 Å². The second-order valence-corrected chi connectivity index (χ2v) is 7.32. The Bertz CT molecular complexity index is 960. The van der Waals surface area contributed by atoms with Crippen LogP contribution < -0.4 is 15.0 Å². The van der Waals surface area contributed by atoms with Gasteiger partial charge in [-0.1, -0.05) is 23.4 Å². The van der Waals surface area contributed by atoms with Crippen molar-refractivity contribution >= 4 is 22.7 Å². The molecule has 27 heavy (non-hydrogen) atoms. The van der Waals surface area contributed by atoms with Gasteiger partial charge >= 0.3 is 0 Å². The highest BCUT2D eigenvalue weighted by Crippen LogP contribution is 2.31. The summed E-state index contributed by atoms with van der Waals surface area (Å²) in [4.78, 5) is 17.8. The number of thioether (sulfide) groups is 1. The normalized spacial score (nSPS) is 13.9. The summed E-state index contributed by atoms with van der Waals surface area (Å²) < 4.78 is 12.3. The van der Waals surface area contributed by atoms with Gasteiger partial charge in [-0.25, -0.2) is 4.98 Å². The van der Waals surface area contributed by atoms with Crippen molar-refractivity contribution < 1.29 is 9.47 Å². The van der Waals surface area contributed by atoms with Crippen LogP contribution in [0.3, 0.4) is 0 Å². The number of rotatable bonds is 7. The lowest BCUT2D eigenvalue weighted by molar-refractivity contribution is 0.355. The number of fused-ring (bicyclic) bond motifs is 1. The molecule has 0 spiro atoms. The first-order valence-corrected chi connectivity index (χ1v) is 10.0. The summed E-state index contributed by atoms with van der Waals surface area (Å²) in [6.45, 7) is 0.565. The van der Waals surface area contributed by atoms with E-state index in [1.165, 1.54) is 30.2 Å². The smallest absolute Gasteiger partial charge is 0.262 e. The van der Waals surface area contributed by atoms with Gasteiger partial charge in [0.25, 0.3) is 5.56 Å². The van der Waals surface area contributed by atoms with E-state index in [9.17, 15) is 4.79 Å². The van der Waals surface area contributed by atoms with E-state index < -0.39 is 0 Å². The van der Waals surface area contributed by atoms with Crippen LogP contribution in [0.15, 0.2) is 33.7 Å². The Kier molecular flexibility index (Phi) is 6.40. The molecule has 1 aliphatic carbocycles. The molecule has 0 saturated heterocycles. The molecule has 0 aliphatic heterocycles. The second kappa shape index (κ2) is 8.96. The van der Waals surface area contributed by atoms with Crippen molar-refractivity contribution in [3.8, 4) is 17.6 Å². The number of ether oxygens (including phenoxy) is 2. The molecule has 6 nitrogen and oxygen atoms in total. The molecule has 142 valence electrons. The molecule has 3 rings (SSSR count). The number of hydrogen-bond acceptors (Lipinski definition) is 6. The van der Waals surface area contributed by atoms with E-state index in [2.05, 4.69) is 17.1 Å². The molecule has 0 unspecified atom stereocenters. The van der Waals surface area contributed by atoms with Crippen molar-refractivity contribution in [2.24, 2.45) is 0 Å². The standard InChI is InChI=1S/C20H23N3O3S/c1-25-17-12-15-16(13-18(17)26-2)22-20(27-11-9-21)23(19(15)24)10-8-14-6-4-3-5-7-14/h6,12-13H,3-5,7-8,10-11H2,1-2H3. The first-order chi connectivity index (χ1) is 13.2. The van der Waals surface area contributed by atoms with Crippen LogP contribution in [-0.2, 0) is 6.54 Å². The second-order valence-electron chi connectivity index (χ2n) is 6.38. The number of aromatic nitrogens is 2. The number of nitriles is 1. The number of benzene rings is 1. The molecule has 0 radical (unpaired) electrons. The molecular weight excluding hydrogens is 362 g/mol. The van der Waals surface area contributed by atoms with Crippen molar-refractivity contribution in [1.29, 1.82) is 5.26 Å². The lowest BCUT2D eigenvalue weighted by Crippen LogP contribution is -2.24. The van der Waals surface area contributed by atoms with Crippen LogP contribution in [0, 0.1) is 11.3 Å². The van der Waals surface area contributed by atoms with Crippen LogP contribution in [0.25, 0.3) is 10.9 Å². The lowest BCUT2D eigenvalue weighted by atomic mass is 9.97. The van der Waals surface area contributed by atoms with Crippen molar-refractivity contribution in [2.75, 3.05) is 20.0 Å². The van der Waals surface area contributed by atoms with Crippen molar-refractivity contribution in [3.05, 3.63) is 34.1 Å². The van der Waals surface area contributed by atoms with Gasteiger partial charge in [-0.05, 0) is 38.2 Å². The van der Waals surface area contributed by atoms with Gasteiger partial charge in [-0.2, -0.15) is 5.26 Å². The third kappa shape index (κ3) is 4.28. The van der Waals surface area contributed by atoms with Crippen LogP contribution in [0.1, 0.15) is 32.1 Å².